The minimum atomic E-state index is 0.522. The first kappa shape index (κ1) is 12.1. The number of hydrogen-bond acceptors (Lipinski definition) is 5. The van der Waals surface area contributed by atoms with Crippen molar-refractivity contribution in [3.8, 4) is 0 Å². The van der Waals surface area contributed by atoms with Crippen LogP contribution < -0.4 is 5.32 Å². The molecular formula is C9H18N4O2. The molecule has 0 aliphatic carbocycles. The van der Waals surface area contributed by atoms with Gasteiger partial charge in [-0.3, -0.25) is 0 Å². The van der Waals surface area contributed by atoms with Gasteiger partial charge in [0.1, 0.15) is 5.69 Å². The van der Waals surface area contributed by atoms with Crippen LogP contribution in [0.2, 0.25) is 0 Å². The number of nitrogens with one attached hydrogen (secondary N) is 1. The normalized spacial score (nSPS) is 10.9. The van der Waals surface area contributed by atoms with Gasteiger partial charge in [0.05, 0.1) is 25.5 Å². The summed E-state index contributed by atoms with van der Waals surface area (Å²) in [7, 11) is 5.21. The van der Waals surface area contributed by atoms with Crippen molar-refractivity contribution in [3.05, 3.63) is 11.4 Å². The molecule has 1 rings (SSSR count). The van der Waals surface area contributed by atoms with Crippen LogP contribution in [-0.4, -0.2) is 42.9 Å². The quantitative estimate of drug-likeness (QED) is 0.680. The molecule has 1 aromatic rings. The zero-order chi connectivity index (χ0) is 11.1. The number of rotatable bonds is 7. The van der Waals surface area contributed by atoms with E-state index in [1.54, 1.807) is 14.2 Å². The second-order valence-corrected chi connectivity index (χ2v) is 3.16. The van der Waals surface area contributed by atoms with Gasteiger partial charge in [-0.2, -0.15) is 0 Å². The van der Waals surface area contributed by atoms with E-state index < -0.39 is 0 Å². The van der Waals surface area contributed by atoms with Gasteiger partial charge >= 0.3 is 0 Å². The summed E-state index contributed by atoms with van der Waals surface area (Å²) in [5, 5.41) is 11.2. The van der Waals surface area contributed by atoms with Crippen LogP contribution in [0, 0.1) is 0 Å². The highest BCUT2D eigenvalue weighted by Crippen LogP contribution is 2.06. The maximum absolute atomic E-state index is 5.12. The van der Waals surface area contributed by atoms with Gasteiger partial charge in [0, 0.05) is 20.8 Å². The third kappa shape index (κ3) is 3.26. The molecule has 0 aliphatic heterocycles. The van der Waals surface area contributed by atoms with Gasteiger partial charge < -0.3 is 14.8 Å². The maximum atomic E-state index is 5.12. The molecule has 0 aromatic carbocycles. The Morgan fingerprint density at radius 3 is 2.73 bits per heavy atom. The van der Waals surface area contributed by atoms with E-state index in [0.29, 0.717) is 26.3 Å². The van der Waals surface area contributed by atoms with Crippen molar-refractivity contribution < 1.29 is 9.47 Å². The van der Waals surface area contributed by atoms with E-state index in [2.05, 4.69) is 15.6 Å². The van der Waals surface area contributed by atoms with Crippen LogP contribution in [0.15, 0.2) is 0 Å². The lowest BCUT2D eigenvalue weighted by molar-refractivity contribution is 0.161. The molecule has 0 bridgehead atoms. The Hall–Kier alpha value is -0.980. The molecule has 1 N–H and O–H groups in total. The van der Waals surface area contributed by atoms with Crippen LogP contribution in [0.5, 0.6) is 0 Å². The molecule has 0 radical (unpaired) electrons. The molecule has 0 saturated carbocycles. The smallest absolute Gasteiger partial charge is 0.102 e. The number of aromatic nitrogens is 3. The highest BCUT2D eigenvalue weighted by atomic mass is 16.5. The summed E-state index contributed by atoms with van der Waals surface area (Å²) in [6.45, 7) is 2.55. The van der Waals surface area contributed by atoms with E-state index in [0.717, 1.165) is 11.4 Å². The van der Waals surface area contributed by atoms with Crippen molar-refractivity contribution in [2.75, 3.05) is 27.9 Å². The lowest BCUT2D eigenvalue weighted by atomic mass is 10.3. The van der Waals surface area contributed by atoms with Crippen molar-refractivity contribution >= 4 is 0 Å². The van der Waals surface area contributed by atoms with E-state index in [1.807, 2.05) is 11.7 Å². The van der Waals surface area contributed by atoms with Crippen molar-refractivity contribution in [1.29, 1.82) is 0 Å². The molecule has 0 amide bonds. The first-order valence-electron chi connectivity index (χ1n) is 4.87. The highest BCUT2D eigenvalue weighted by molar-refractivity contribution is 5.08. The molecule has 0 atom stereocenters. The third-order valence-electron chi connectivity index (χ3n) is 2.05. The van der Waals surface area contributed by atoms with Gasteiger partial charge in [-0.25, -0.2) is 4.68 Å². The number of hydrogen-bond donors (Lipinski definition) is 1. The van der Waals surface area contributed by atoms with Gasteiger partial charge in [0.25, 0.3) is 0 Å². The second-order valence-electron chi connectivity index (χ2n) is 3.16. The largest absolute Gasteiger partial charge is 0.383 e. The molecule has 6 heteroatoms. The Morgan fingerprint density at radius 2 is 2.13 bits per heavy atom. The molecule has 1 heterocycles. The third-order valence-corrected chi connectivity index (χ3v) is 2.05. The fraction of sp³-hybridized carbons (Fsp3) is 0.778. The Morgan fingerprint density at radius 1 is 1.33 bits per heavy atom. The van der Waals surface area contributed by atoms with Gasteiger partial charge in [-0.1, -0.05) is 5.21 Å². The minimum absolute atomic E-state index is 0.522. The molecule has 86 valence electrons. The van der Waals surface area contributed by atoms with Gasteiger partial charge in [0.2, 0.25) is 0 Å². The van der Waals surface area contributed by atoms with Gasteiger partial charge in [-0.05, 0) is 7.05 Å². The zero-order valence-corrected chi connectivity index (χ0v) is 9.49. The number of ether oxygens (including phenoxy) is 2. The molecule has 0 spiro atoms. The monoisotopic (exact) mass is 214 g/mol. The van der Waals surface area contributed by atoms with Crippen LogP contribution in [-0.2, 0) is 29.2 Å². The topological polar surface area (TPSA) is 61.2 Å². The molecule has 6 nitrogen and oxygen atoms in total. The summed E-state index contributed by atoms with van der Waals surface area (Å²) in [6.07, 6.45) is 0. The summed E-state index contributed by atoms with van der Waals surface area (Å²) < 4.78 is 11.9. The summed E-state index contributed by atoms with van der Waals surface area (Å²) in [5.41, 5.74) is 1.93. The lowest BCUT2D eigenvalue weighted by Crippen LogP contribution is -2.13. The molecule has 0 unspecified atom stereocenters. The van der Waals surface area contributed by atoms with Gasteiger partial charge in [0.15, 0.2) is 0 Å². The van der Waals surface area contributed by atoms with E-state index in [4.69, 9.17) is 9.47 Å². The first-order chi connectivity index (χ1) is 7.33. The maximum Gasteiger partial charge on any atom is 0.102 e. The fourth-order valence-corrected chi connectivity index (χ4v) is 1.33. The Balaban J connectivity index is 2.75. The second kappa shape index (κ2) is 6.49. The predicted octanol–water partition coefficient (Wildman–Crippen LogP) is -0.210. The first-order valence-corrected chi connectivity index (χ1v) is 4.87. The highest BCUT2D eigenvalue weighted by Gasteiger charge is 2.11. The number of methoxy groups -OCH3 is 2. The van der Waals surface area contributed by atoms with Crippen LogP contribution in [0.25, 0.3) is 0 Å². The van der Waals surface area contributed by atoms with Crippen LogP contribution in [0.3, 0.4) is 0 Å². The molecular weight excluding hydrogens is 196 g/mol. The fourth-order valence-electron chi connectivity index (χ4n) is 1.33. The van der Waals surface area contributed by atoms with Crippen molar-refractivity contribution in [3.63, 3.8) is 0 Å². The number of nitrogens with zero attached hydrogens (tertiary/aromatic N) is 3. The Labute approximate surface area is 89.6 Å². The van der Waals surface area contributed by atoms with E-state index >= 15 is 0 Å². The summed E-state index contributed by atoms with van der Waals surface area (Å²) in [4.78, 5) is 0. The van der Waals surface area contributed by atoms with Crippen molar-refractivity contribution in [1.82, 2.24) is 20.3 Å². The molecule has 1 aromatic heterocycles. The van der Waals surface area contributed by atoms with Gasteiger partial charge in [-0.15, -0.1) is 5.10 Å². The van der Waals surface area contributed by atoms with Crippen molar-refractivity contribution in [2.24, 2.45) is 0 Å². The van der Waals surface area contributed by atoms with E-state index in [9.17, 15) is 0 Å². The average molecular weight is 214 g/mol. The predicted molar refractivity (Wildman–Crippen MR) is 55.4 cm³/mol. The SMILES string of the molecule is CNCc1nnn(CCOC)c1COC. The molecule has 15 heavy (non-hydrogen) atoms. The zero-order valence-electron chi connectivity index (χ0n) is 9.49. The standard InChI is InChI=1S/C9H18N4O2/c1-10-6-8-9(7-15-3)13(12-11-8)4-5-14-2/h10H,4-7H2,1-3H3. The van der Waals surface area contributed by atoms with Crippen LogP contribution >= 0.6 is 0 Å². The minimum Gasteiger partial charge on any atom is -0.383 e. The van der Waals surface area contributed by atoms with E-state index in [-0.39, 0.29) is 0 Å². The Kier molecular flexibility index (Phi) is 5.23. The summed E-state index contributed by atoms with van der Waals surface area (Å²) in [5.74, 6) is 0. The molecule has 0 aliphatic rings. The molecule has 0 fully saturated rings. The Bertz CT molecular complexity index is 288. The lowest BCUT2D eigenvalue weighted by Gasteiger charge is -2.06. The van der Waals surface area contributed by atoms with E-state index in [1.165, 1.54) is 0 Å². The average Bonchev–Trinajstić information content (AvgIpc) is 2.60. The van der Waals surface area contributed by atoms with Crippen LogP contribution in [0.4, 0.5) is 0 Å². The molecule has 0 saturated heterocycles. The van der Waals surface area contributed by atoms with Crippen molar-refractivity contribution in [2.45, 2.75) is 19.7 Å². The summed E-state index contributed by atoms with van der Waals surface area (Å²) >= 11 is 0. The van der Waals surface area contributed by atoms with Crippen LogP contribution in [0.1, 0.15) is 11.4 Å². The summed E-state index contributed by atoms with van der Waals surface area (Å²) in [6, 6.07) is 0.